The van der Waals surface area contributed by atoms with Crippen LogP contribution in [0.3, 0.4) is 0 Å². The van der Waals surface area contributed by atoms with Crippen LogP contribution in [0.15, 0.2) is 48.5 Å². The second kappa shape index (κ2) is 9.26. The van der Waals surface area contributed by atoms with E-state index in [0.29, 0.717) is 0 Å². The molecule has 3 rings (SSSR count). The first-order valence-corrected chi connectivity index (χ1v) is 9.82. The standard InChI is InChI=1S/C22H28N4O2/c1-16(18-9-8-10-19(15-18)24-17(2)27)23-22(28)25-20-11-4-5-12-21(20)26-13-6-3-7-14-26/h4-5,8-12,15-16H,3,6-7,13-14H2,1-2H3,(H,24,27)(H2,23,25,28)/t16-/m0/s1. The number of amides is 3. The largest absolute Gasteiger partial charge is 0.370 e. The minimum Gasteiger partial charge on any atom is -0.370 e. The number of carbonyl (C=O) groups excluding carboxylic acids is 2. The number of piperidine rings is 1. The topological polar surface area (TPSA) is 73.5 Å². The van der Waals surface area contributed by atoms with E-state index in [9.17, 15) is 9.59 Å². The van der Waals surface area contributed by atoms with Gasteiger partial charge in [-0.05, 0) is 56.0 Å². The van der Waals surface area contributed by atoms with Crippen molar-refractivity contribution in [3.63, 3.8) is 0 Å². The smallest absolute Gasteiger partial charge is 0.319 e. The van der Waals surface area contributed by atoms with Crippen molar-refractivity contribution in [2.24, 2.45) is 0 Å². The van der Waals surface area contributed by atoms with Gasteiger partial charge in [-0.25, -0.2) is 4.79 Å². The van der Waals surface area contributed by atoms with Crippen LogP contribution in [0.5, 0.6) is 0 Å². The highest BCUT2D eigenvalue weighted by Crippen LogP contribution is 2.28. The van der Waals surface area contributed by atoms with Gasteiger partial charge in [0, 0.05) is 25.7 Å². The van der Waals surface area contributed by atoms with Crippen molar-refractivity contribution < 1.29 is 9.59 Å². The molecule has 1 aliphatic heterocycles. The number of urea groups is 1. The van der Waals surface area contributed by atoms with Crippen molar-refractivity contribution in [1.29, 1.82) is 0 Å². The second-order valence-electron chi connectivity index (χ2n) is 7.19. The molecule has 0 aliphatic carbocycles. The van der Waals surface area contributed by atoms with E-state index in [-0.39, 0.29) is 18.0 Å². The average molecular weight is 380 g/mol. The number of nitrogens with zero attached hydrogens (tertiary/aromatic N) is 1. The van der Waals surface area contributed by atoms with E-state index >= 15 is 0 Å². The number of anilines is 3. The Morgan fingerprint density at radius 2 is 1.71 bits per heavy atom. The zero-order valence-corrected chi connectivity index (χ0v) is 16.5. The Kier molecular flexibility index (Phi) is 6.53. The summed E-state index contributed by atoms with van der Waals surface area (Å²) in [7, 11) is 0. The van der Waals surface area contributed by atoms with Crippen LogP contribution < -0.4 is 20.9 Å². The summed E-state index contributed by atoms with van der Waals surface area (Å²) in [6.45, 7) is 5.43. The summed E-state index contributed by atoms with van der Waals surface area (Å²) in [4.78, 5) is 26.2. The van der Waals surface area contributed by atoms with E-state index in [0.717, 1.165) is 35.7 Å². The normalized spacial score (nSPS) is 14.9. The van der Waals surface area contributed by atoms with Gasteiger partial charge in [-0.2, -0.15) is 0 Å². The summed E-state index contributed by atoms with van der Waals surface area (Å²) < 4.78 is 0. The Bertz CT molecular complexity index is 831. The van der Waals surface area contributed by atoms with Crippen molar-refractivity contribution in [2.75, 3.05) is 28.6 Å². The van der Waals surface area contributed by atoms with Crippen LogP contribution in [0.25, 0.3) is 0 Å². The van der Waals surface area contributed by atoms with E-state index in [2.05, 4.69) is 26.9 Å². The number of hydrogen-bond donors (Lipinski definition) is 3. The predicted octanol–water partition coefficient (Wildman–Crippen LogP) is 4.52. The Balaban J connectivity index is 1.65. The molecule has 0 spiro atoms. The molecule has 3 amide bonds. The maximum atomic E-state index is 12.6. The van der Waals surface area contributed by atoms with Gasteiger partial charge in [0.25, 0.3) is 0 Å². The molecule has 3 N–H and O–H groups in total. The molecule has 148 valence electrons. The first-order valence-electron chi connectivity index (χ1n) is 9.82. The lowest BCUT2D eigenvalue weighted by molar-refractivity contribution is -0.114. The molecule has 2 aromatic carbocycles. The van der Waals surface area contributed by atoms with Crippen molar-refractivity contribution in [1.82, 2.24) is 5.32 Å². The first kappa shape index (κ1) is 19.7. The highest BCUT2D eigenvalue weighted by molar-refractivity contribution is 5.93. The molecule has 0 bridgehead atoms. The third-order valence-electron chi connectivity index (χ3n) is 4.90. The third kappa shape index (κ3) is 5.25. The van der Waals surface area contributed by atoms with Crippen molar-refractivity contribution in [3.8, 4) is 0 Å². The van der Waals surface area contributed by atoms with E-state index in [1.807, 2.05) is 49.4 Å². The van der Waals surface area contributed by atoms with Gasteiger partial charge in [0.1, 0.15) is 0 Å². The summed E-state index contributed by atoms with van der Waals surface area (Å²) in [6, 6.07) is 15.0. The number of benzene rings is 2. The van der Waals surface area contributed by atoms with E-state index < -0.39 is 0 Å². The molecule has 1 fully saturated rings. The van der Waals surface area contributed by atoms with Crippen LogP contribution in [0.4, 0.5) is 21.9 Å². The number of rotatable bonds is 5. The molecule has 0 saturated carbocycles. The molecule has 1 saturated heterocycles. The monoisotopic (exact) mass is 380 g/mol. The molecule has 2 aromatic rings. The number of hydrogen-bond acceptors (Lipinski definition) is 3. The lowest BCUT2D eigenvalue weighted by Gasteiger charge is -2.30. The van der Waals surface area contributed by atoms with Gasteiger partial charge in [-0.1, -0.05) is 24.3 Å². The van der Waals surface area contributed by atoms with Crippen molar-refractivity contribution in [2.45, 2.75) is 39.2 Å². The van der Waals surface area contributed by atoms with Crippen LogP contribution in [0, 0.1) is 0 Å². The Morgan fingerprint density at radius 3 is 2.46 bits per heavy atom. The molecule has 1 atom stereocenters. The fraction of sp³-hybridized carbons (Fsp3) is 0.364. The van der Waals surface area contributed by atoms with Crippen LogP contribution >= 0.6 is 0 Å². The van der Waals surface area contributed by atoms with E-state index in [1.54, 1.807) is 0 Å². The quantitative estimate of drug-likeness (QED) is 0.714. The summed E-state index contributed by atoms with van der Waals surface area (Å²) in [6.07, 6.45) is 3.63. The molecule has 1 aliphatic rings. The molecule has 1 heterocycles. The molecule has 0 aromatic heterocycles. The lowest BCUT2D eigenvalue weighted by atomic mass is 10.1. The third-order valence-corrected chi connectivity index (χ3v) is 4.90. The van der Waals surface area contributed by atoms with Crippen LogP contribution in [-0.2, 0) is 4.79 Å². The Labute approximate surface area is 166 Å². The minimum atomic E-state index is -0.248. The van der Waals surface area contributed by atoms with E-state index in [4.69, 9.17) is 0 Å². The van der Waals surface area contributed by atoms with Crippen molar-refractivity contribution in [3.05, 3.63) is 54.1 Å². The summed E-state index contributed by atoms with van der Waals surface area (Å²) in [5.41, 5.74) is 3.53. The van der Waals surface area contributed by atoms with E-state index in [1.165, 1.54) is 26.2 Å². The number of nitrogens with one attached hydrogen (secondary N) is 3. The molecule has 0 radical (unpaired) electrons. The maximum absolute atomic E-state index is 12.6. The van der Waals surface area contributed by atoms with Gasteiger partial charge in [0.05, 0.1) is 17.4 Å². The van der Waals surface area contributed by atoms with Gasteiger partial charge in [-0.15, -0.1) is 0 Å². The van der Waals surface area contributed by atoms with Crippen LogP contribution in [-0.4, -0.2) is 25.0 Å². The minimum absolute atomic E-state index is 0.121. The molecule has 0 unspecified atom stereocenters. The fourth-order valence-corrected chi connectivity index (χ4v) is 3.52. The Hall–Kier alpha value is -3.02. The summed E-state index contributed by atoms with van der Waals surface area (Å²) in [5, 5.41) is 8.73. The maximum Gasteiger partial charge on any atom is 0.319 e. The number of para-hydroxylation sites is 2. The van der Waals surface area contributed by atoms with Gasteiger partial charge >= 0.3 is 6.03 Å². The summed E-state index contributed by atoms with van der Waals surface area (Å²) >= 11 is 0. The Morgan fingerprint density at radius 1 is 0.964 bits per heavy atom. The lowest BCUT2D eigenvalue weighted by Crippen LogP contribution is -2.33. The molecule has 6 nitrogen and oxygen atoms in total. The highest BCUT2D eigenvalue weighted by atomic mass is 16.2. The SMILES string of the molecule is CC(=O)Nc1cccc([C@H](C)NC(=O)Nc2ccccc2N2CCCCC2)c1. The highest BCUT2D eigenvalue weighted by Gasteiger charge is 2.16. The molecular formula is C22H28N4O2. The molecule has 6 heteroatoms. The van der Waals surface area contributed by atoms with Gasteiger partial charge < -0.3 is 20.9 Å². The first-order chi connectivity index (χ1) is 13.5. The zero-order valence-electron chi connectivity index (χ0n) is 16.5. The van der Waals surface area contributed by atoms with Crippen LogP contribution in [0.2, 0.25) is 0 Å². The van der Waals surface area contributed by atoms with Gasteiger partial charge in [-0.3, -0.25) is 4.79 Å². The van der Waals surface area contributed by atoms with Gasteiger partial charge in [0.2, 0.25) is 5.91 Å². The zero-order chi connectivity index (χ0) is 19.9. The molecular weight excluding hydrogens is 352 g/mol. The number of carbonyl (C=O) groups is 2. The van der Waals surface area contributed by atoms with Crippen molar-refractivity contribution >= 4 is 29.0 Å². The average Bonchev–Trinajstić information content (AvgIpc) is 2.68. The fourth-order valence-electron chi connectivity index (χ4n) is 3.52. The van der Waals surface area contributed by atoms with Crippen LogP contribution in [0.1, 0.15) is 44.7 Å². The second-order valence-corrected chi connectivity index (χ2v) is 7.19. The summed E-state index contributed by atoms with van der Waals surface area (Å²) in [5.74, 6) is -0.121. The van der Waals surface area contributed by atoms with Gasteiger partial charge in [0.15, 0.2) is 0 Å². The molecule has 28 heavy (non-hydrogen) atoms. The predicted molar refractivity (Wildman–Crippen MR) is 114 cm³/mol.